The van der Waals surface area contributed by atoms with Crippen molar-refractivity contribution in [2.24, 2.45) is 5.73 Å². The van der Waals surface area contributed by atoms with Crippen LogP contribution in [0.3, 0.4) is 0 Å². The first-order valence-corrected chi connectivity index (χ1v) is 3.25. The molecule has 0 fully saturated rings. The molecule has 4 nitrogen and oxygen atoms in total. The molecular weight excluding hydrogens is 142 g/mol. The van der Waals surface area contributed by atoms with Crippen molar-refractivity contribution in [2.45, 2.75) is 13.8 Å². The topological polar surface area (TPSA) is 59.5 Å². The first-order valence-electron chi connectivity index (χ1n) is 3.25. The Labute approximate surface area is 65.9 Å². The molecule has 0 rings (SSSR count). The number of nitrogens with zero attached hydrogens (tertiary/aromatic N) is 1. The van der Waals surface area contributed by atoms with Crippen LogP contribution in [0.2, 0.25) is 0 Å². The Bertz CT molecular complexity index is 224. The Morgan fingerprint density at radius 2 is 2.27 bits per heavy atom. The average Bonchev–Trinajstić information content (AvgIpc) is 1.88. The van der Waals surface area contributed by atoms with E-state index in [9.17, 15) is 4.79 Å². The normalized spacial score (nSPS) is 11.4. The number of nitrogens with two attached hydrogens (primary N) is 1. The summed E-state index contributed by atoms with van der Waals surface area (Å²) < 4.78 is 0. The number of rotatable bonds is 3. The highest BCUT2D eigenvalue weighted by Gasteiger charge is 2.07. The lowest BCUT2D eigenvalue weighted by Crippen LogP contribution is -2.19. The lowest BCUT2D eigenvalue weighted by atomic mass is 10.3. The molecular formula is C7H11N3O. The summed E-state index contributed by atoms with van der Waals surface area (Å²) in [7, 11) is 0. The minimum atomic E-state index is -0.682. The standard InChI is InChI=1S/C7H11N3O/c1-4-10-5(2)6(9-3)7(8)11/h10H,4H2,1-2H3,(H2,8,11)/b6-5+. The number of allylic oxidation sites excluding steroid dienone is 1. The lowest BCUT2D eigenvalue weighted by Gasteiger charge is -2.03. The summed E-state index contributed by atoms with van der Waals surface area (Å²) in [5.74, 6) is -0.682. The molecule has 0 bridgehead atoms. The van der Waals surface area contributed by atoms with Crippen molar-refractivity contribution in [3.8, 4) is 0 Å². The highest BCUT2D eigenvalue weighted by atomic mass is 16.1. The number of carbonyl (C=O) groups excluding carboxylic acids is 1. The van der Waals surface area contributed by atoms with Crippen LogP contribution in [0.4, 0.5) is 0 Å². The monoisotopic (exact) mass is 153 g/mol. The smallest absolute Gasteiger partial charge is 0.267 e. The van der Waals surface area contributed by atoms with Crippen molar-refractivity contribution >= 4 is 5.91 Å². The van der Waals surface area contributed by atoms with E-state index in [4.69, 9.17) is 12.3 Å². The van der Waals surface area contributed by atoms with Gasteiger partial charge < -0.3 is 11.1 Å². The van der Waals surface area contributed by atoms with Gasteiger partial charge in [-0.15, -0.1) is 0 Å². The third-order valence-electron chi connectivity index (χ3n) is 1.14. The van der Waals surface area contributed by atoms with Gasteiger partial charge in [-0.25, -0.2) is 4.85 Å². The van der Waals surface area contributed by atoms with Crippen LogP contribution in [0.1, 0.15) is 13.8 Å². The number of hydrogen-bond donors (Lipinski definition) is 2. The zero-order valence-electron chi connectivity index (χ0n) is 6.64. The highest BCUT2D eigenvalue weighted by molar-refractivity contribution is 5.94. The minimum Gasteiger partial charge on any atom is -0.398 e. The van der Waals surface area contributed by atoms with E-state index in [-0.39, 0.29) is 5.70 Å². The first-order chi connectivity index (χ1) is 5.13. The van der Waals surface area contributed by atoms with E-state index < -0.39 is 5.91 Å². The van der Waals surface area contributed by atoms with Crippen LogP contribution >= 0.6 is 0 Å². The molecule has 0 aromatic heterocycles. The molecule has 0 aromatic rings. The quantitative estimate of drug-likeness (QED) is 0.450. The Balaban J connectivity index is 4.58. The molecule has 4 heteroatoms. The Hall–Kier alpha value is -1.50. The molecule has 11 heavy (non-hydrogen) atoms. The van der Waals surface area contributed by atoms with Gasteiger partial charge in [0.2, 0.25) is 5.91 Å². The molecule has 0 aromatic carbocycles. The van der Waals surface area contributed by atoms with Crippen LogP contribution in [-0.4, -0.2) is 12.5 Å². The molecule has 0 radical (unpaired) electrons. The van der Waals surface area contributed by atoms with Gasteiger partial charge >= 0.3 is 0 Å². The summed E-state index contributed by atoms with van der Waals surface area (Å²) in [6, 6.07) is 0. The zero-order chi connectivity index (χ0) is 8.85. The maximum absolute atomic E-state index is 10.6. The fourth-order valence-electron chi connectivity index (χ4n) is 0.673. The van der Waals surface area contributed by atoms with E-state index in [1.165, 1.54) is 0 Å². The molecule has 0 aliphatic rings. The van der Waals surface area contributed by atoms with Crippen LogP contribution in [0.5, 0.6) is 0 Å². The van der Waals surface area contributed by atoms with E-state index in [2.05, 4.69) is 10.2 Å². The fourth-order valence-corrected chi connectivity index (χ4v) is 0.673. The zero-order valence-corrected chi connectivity index (χ0v) is 6.64. The highest BCUT2D eigenvalue weighted by Crippen LogP contribution is 2.00. The molecule has 60 valence electrons. The number of hydrogen-bond acceptors (Lipinski definition) is 2. The third kappa shape index (κ3) is 2.72. The average molecular weight is 153 g/mol. The SMILES string of the molecule is [C-]#[N+]/C(C(N)=O)=C(\C)NCC. The van der Waals surface area contributed by atoms with E-state index in [1.54, 1.807) is 6.92 Å². The van der Waals surface area contributed by atoms with Crippen LogP contribution in [0.15, 0.2) is 11.4 Å². The Morgan fingerprint density at radius 3 is 2.55 bits per heavy atom. The number of nitrogens with one attached hydrogen (secondary N) is 1. The van der Waals surface area contributed by atoms with Crippen molar-refractivity contribution in [3.05, 3.63) is 22.8 Å². The van der Waals surface area contributed by atoms with Crippen LogP contribution in [-0.2, 0) is 4.79 Å². The molecule has 1 amide bonds. The molecule has 3 N–H and O–H groups in total. The second-order valence-electron chi connectivity index (χ2n) is 1.98. The molecule has 0 unspecified atom stereocenters. The summed E-state index contributed by atoms with van der Waals surface area (Å²) in [4.78, 5) is 13.6. The fraction of sp³-hybridized carbons (Fsp3) is 0.429. The van der Waals surface area contributed by atoms with Crippen LogP contribution < -0.4 is 11.1 Å². The van der Waals surface area contributed by atoms with Gasteiger partial charge in [-0.05, 0) is 13.8 Å². The Morgan fingerprint density at radius 1 is 1.73 bits per heavy atom. The summed E-state index contributed by atoms with van der Waals surface area (Å²) in [6.07, 6.45) is 0. The summed E-state index contributed by atoms with van der Waals surface area (Å²) in [5, 5.41) is 2.84. The van der Waals surface area contributed by atoms with Gasteiger partial charge in [0.25, 0.3) is 5.70 Å². The van der Waals surface area contributed by atoms with Crippen LogP contribution in [0.25, 0.3) is 4.85 Å². The van der Waals surface area contributed by atoms with Crippen LogP contribution in [0, 0.1) is 6.57 Å². The van der Waals surface area contributed by atoms with Gasteiger partial charge in [-0.2, -0.15) is 0 Å². The van der Waals surface area contributed by atoms with Gasteiger partial charge in [-0.1, -0.05) is 0 Å². The van der Waals surface area contributed by atoms with Gasteiger partial charge in [0, 0.05) is 12.2 Å². The van der Waals surface area contributed by atoms with E-state index in [0.717, 1.165) is 0 Å². The van der Waals surface area contributed by atoms with Crippen molar-refractivity contribution in [1.82, 2.24) is 5.32 Å². The van der Waals surface area contributed by atoms with Gasteiger partial charge in [0.15, 0.2) is 0 Å². The predicted octanol–water partition coefficient (Wildman–Crippen LogP) is 0.232. The minimum absolute atomic E-state index is 0.0214. The molecule has 0 spiro atoms. The maximum atomic E-state index is 10.6. The van der Waals surface area contributed by atoms with Gasteiger partial charge in [0.1, 0.15) is 0 Å². The van der Waals surface area contributed by atoms with E-state index in [0.29, 0.717) is 12.2 Å². The summed E-state index contributed by atoms with van der Waals surface area (Å²) in [6.45, 7) is 10.8. The van der Waals surface area contributed by atoms with E-state index >= 15 is 0 Å². The predicted molar refractivity (Wildman–Crippen MR) is 42.2 cm³/mol. The number of amides is 1. The van der Waals surface area contributed by atoms with E-state index in [1.807, 2.05) is 6.92 Å². The molecule has 0 atom stereocenters. The van der Waals surface area contributed by atoms with Gasteiger partial charge in [-0.3, -0.25) is 4.79 Å². The summed E-state index contributed by atoms with van der Waals surface area (Å²) in [5.41, 5.74) is 5.44. The third-order valence-corrected chi connectivity index (χ3v) is 1.14. The molecule has 0 aliphatic carbocycles. The van der Waals surface area contributed by atoms with Crippen molar-refractivity contribution in [1.29, 1.82) is 0 Å². The first kappa shape index (κ1) is 9.50. The van der Waals surface area contributed by atoms with Crippen molar-refractivity contribution in [2.75, 3.05) is 6.54 Å². The lowest BCUT2D eigenvalue weighted by molar-refractivity contribution is -0.114. The maximum Gasteiger partial charge on any atom is 0.267 e. The second-order valence-corrected chi connectivity index (χ2v) is 1.98. The van der Waals surface area contributed by atoms with Crippen molar-refractivity contribution < 1.29 is 4.79 Å². The Kier molecular flexibility index (Phi) is 3.75. The molecule has 0 saturated carbocycles. The number of primary amides is 1. The van der Waals surface area contributed by atoms with Gasteiger partial charge in [0.05, 0.1) is 6.57 Å². The summed E-state index contributed by atoms with van der Waals surface area (Å²) >= 11 is 0. The largest absolute Gasteiger partial charge is 0.398 e. The second kappa shape index (κ2) is 4.34. The van der Waals surface area contributed by atoms with Crippen molar-refractivity contribution in [3.63, 3.8) is 0 Å². The molecule has 0 saturated heterocycles. The number of carbonyl (C=O) groups is 1. The molecule has 0 heterocycles. The molecule has 0 aliphatic heterocycles.